The summed E-state index contributed by atoms with van der Waals surface area (Å²) in [5, 5.41) is 0. The zero-order chi connectivity index (χ0) is 20.3. The number of benzene rings is 2. The molecule has 1 saturated carbocycles. The van der Waals surface area contributed by atoms with Crippen molar-refractivity contribution in [1.29, 1.82) is 0 Å². The van der Waals surface area contributed by atoms with Crippen molar-refractivity contribution >= 4 is 0 Å². The molecule has 6 heteroatoms. The minimum atomic E-state index is -3.80. The first-order valence-electron chi connectivity index (χ1n) is 9.55. The third-order valence-corrected chi connectivity index (χ3v) is 5.47. The lowest BCUT2D eigenvalue weighted by molar-refractivity contribution is -0.185. The van der Waals surface area contributed by atoms with E-state index in [2.05, 4.69) is 11.7 Å². The van der Waals surface area contributed by atoms with Crippen molar-refractivity contribution in [3.8, 4) is 5.75 Å². The van der Waals surface area contributed by atoms with Gasteiger partial charge >= 0.3 is 6.11 Å². The Balaban J connectivity index is 1.61. The molecule has 0 aromatic heterocycles. The first kappa shape index (κ1) is 20.6. The van der Waals surface area contributed by atoms with Gasteiger partial charge in [-0.3, -0.25) is 0 Å². The van der Waals surface area contributed by atoms with Gasteiger partial charge in [0.25, 0.3) is 0 Å². The summed E-state index contributed by atoms with van der Waals surface area (Å²) < 4.78 is 72.3. The highest BCUT2D eigenvalue weighted by Crippen LogP contribution is 2.34. The Hall–Kier alpha value is -2.11. The lowest BCUT2D eigenvalue weighted by atomic mass is 9.80. The van der Waals surface area contributed by atoms with Gasteiger partial charge in [0.2, 0.25) is 0 Å². The number of hydrogen-bond donors (Lipinski definition) is 0. The molecule has 0 amide bonds. The van der Waals surface area contributed by atoms with Gasteiger partial charge < -0.3 is 4.74 Å². The molecule has 0 aliphatic heterocycles. The van der Waals surface area contributed by atoms with Crippen LogP contribution in [0.2, 0.25) is 0 Å². The molecule has 28 heavy (non-hydrogen) atoms. The molecule has 1 aliphatic carbocycles. The molecule has 1 fully saturated rings. The van der Waals surface area contributed by atoms with E-state index in [9.17, 15) is 22.0 Å². The summed E-state index contributed by atoms with van der Waals surface area (Å²) in [6.45, 7) is 2.27. The fourth-order valence-electron chi connectivity index (χ4n) is 3.65. The van der Waals surface area contributed by atoms with Crippen LogP contribution in [0.25, 0.3) is 0 Å². The van der Waals surface area contributed by atoms with E-state index in [1.54, 1.807) is 12.1 Å². The molecule has 0 radical (unpaired) electrons. The molecule has 0 N–H and O–H groups in total. The normalized spacial score (nSPS) is 20.2. The lowest BCUT2D eigenvalue weighted by Crippen LogP contribution is -2.22. The van der Waals surface area contributed by atoms with E-state index in [1.807, 2.05) is 0 Å². The maximum absolute atomic E-state index is 14.3. The summed E-state index contributed by atoms with van der Waals surface area (Å²) in [5.41, 5.74) is 0.518. The van der Waals surface area contributed by atoms with Crippen LogP contribution >= 0.6 is 0 Å². The Morgan fingerprint density at radius 2 is 1.50 bits per heavy atom. The molecule has 0 unspecified atom stereocenters. The average Bonchev–Trinajstić information content (AvgIpc) is 2.65. The largest absolute Gasteiger partial charge is 0.429 e. The molecule has 2 aromatic rings. The Morgan fingerprint density at radius 3 is 2.07 bits per heavy atom. The third-order valence-electron chi connectivity index (χ3n) is 5.47. The zero-order valence-electron chi connectivity index (χ0n) is 15.7. The Bertz CT molecular complexity index is 772. The van der Waals surface area contributed by atoms with Gasteiger partial charge in [-0.2, -0.15) is 8.78 Å². The van der Waals surface area contributed by atoms with Gasteiger partial charge in [0.1, 0.15) is 5.75 Å². The molecule has 2 aromatic carbocycles. The molecular weight excluding hydrogens is 375 g/mol. The zero-order valence-corrected chi connectivity index (χ0v) is 15.7. The van der Waals surface area contributed by atoms with Crippen LogP contribution in [0.4, 0.5) is 22.0 Å². The quantitative estimate of drug-likeness (QED) is 0.376. The van der Waals surface area contributed by atoms with Crippen LogP contribution in [0.3, 0.4) is 0 Å². The Kier molecular flexibility index (Phi) is 6.26. The molecule has 0 spiro atoms. The summed E-state index contributed by atoms with van der Waals surface area (Å²) >= 11 is 0. The van der Waals surface area contributed by atoms with E-state index in [0.717, 1.165) is 24.3 Å². The standard InChI is InChI=1S/C22H23F5O/c1-14-2-4-15(5-3-14)6-7-16-8-10-17(11-9-16)22(26,27)28-18-12-19(23)21(25)20(24)13-18/h8-15H,2-7H2,1H3/t14-,15-. The predicted molar refractivity (Wildman–Crippen MR) is 96.7 cm³/mol. The first-order valence-corrected chi connectivity index (χ1v) is 9.55. The fourth-order valence-corrected chi connectivity index (χ4v) is 3.65. The van der Waals surface area contributed by atoms with Crippen molar-refractivity contribution in [3.63, 3.8) is 0 Å². The fraction of sp³-hybridized carbons (Fsp3) is 0.455. The third kappa shape index (κ3) is 5.03. The van der Waals surface area contributed by atoms with E-state index in [-0.39, 0.29) is 0 Å². The highest BCUT2D eigenvalue weighted by atomic mass is 19.3. The van der Waals surface area contributed by atoms with Gasteiger partial charge in [-0.25, -0.2) is 13.2 Å². The summed E-state index contributed by atoms with van der Waals surface area (Å²) in [7, 11) is 0. The number of alkyl halides is 2. The summed E-state index contributed by atoms with van der Waals surface area (Å²) in [6.07, 6.45) is 2.99. The number of hydrogen-bond acceptors (Lipinski definition) is 1. The van der Waals surface area contributed by atoms with Crippen molar-refractivity contribution in [2.75, 3.05) is 0 Å². The molecule has 0 atom stereocenters. The Morgan fingerprint density at radius 1 is 0.929 bits per heavy atom. The van der Waals surface area contributed by atoms with E-state index in [1.165, 1.54) is 37.8 Å². The van der Waals surface area contributed by atoms with Crippen molar-refractivity contribution in [2.45, 2.75) is 51.6 Å². The van der Waals surface area contributed by atoms with Crippen molar-refractivity contribution in [2.24, 2.45) is 11.8 Å². The highest BCUT2D eigenvalue weighted by molar-refractivity contribution is 5.29. The molecule has 0 heterocycles. The summed E-state index contributed by atoms with van der Waals surface area (Å²) in [5.74, 6) is -4.20. The Labute approximate surface area is 161 Å². The van der Waals surface area contributed by atoms with Crippen molar-refractivity contribution in [1.82, 2.24) is 0 Å². The van der Waals surface area contributed by atoms with E-state index >= 15 is 0 Å². The molecule has 1 nitrogen and oxygen atoms in total. The smallest absolute Gasteiger partial charge is 0.426 e. The van der Waals surface area contributed by atoms with Gasteiger partial charge in [0, 0.05) is 12.1 Å². The first-order chi connectivity index (χ1) is 13.2. The molecule has 0 bridgehead atoms. The number of halogens is 5. The van der Waals surface area contributed by atoms with E-state index in [4.69, 9.17) is 0 Å². The SMILES string of the molecule is C[C@H]1CC[C@H](CCc2ccc(C(F)(F)Oc3cc(F)c(F)c(F)c3)cc2)CC1. The van der Waals surface area contributed by atoms with Gasteiger partial charge in [-0.15, -0.1) is 0 Å². The van der Waals surface area contributed by atoms with E-state index in [0.29, 0.717) is 18.1 Å². The minimum Gasteiger partial charge on any atom is -0.429 e. The number of ether oxygens (including phenoxy) is 1. The average molecular weight is 398 g/mol. The predicted octanol–water partition coefficient (Wildman–Crippen LogP) is 6.99. The lowest BCUT2D eigenvalue weighted by Gasteiger charge is -2.26. The van der Waals surface area contributed by atoms with Gasteiger partial charge in [0.15, 0.2) is 17.5 Å². The monoisotopic (exact) mass is 398 g/mol. The molecule has 1 aliphatic rings. The molecule has 0 saturated heterocycles. The van der Waals surface area contributed by atoms with Crippen LogP contribution in [-0.2, 0) is 12.5 Å². The van der Waals surface area contributed by atoms with Crippen molar-refractivity contribution < 1.29 is 26.7 Å². The summed E-state index contributed by atoms with van der Waals surface area (Å²) in [4.78, 5) is 0. The summed E-state index contributed by atoms with van der Waals surface area (Å²) in [6, 6.07) is 6.51. The van der Waals surface area contributed by atoms with Crippen LogP contribution in [-0.4, -0.2) is 0 Å². The molecule has 152 valence electrons. The van der Waals surface area contributed by atoms with Crippen LogP contribution in [0, 0.1) is 29.3 Å². The maximum Gasteiger partial charge on any atom is 0.426 e. The van der Waals surface area contributed by atoms with Crippen LogP contribution in [0.1, 0.15) is 50.2 Å². The van der Waals surface area contributed by atoms with Gasteiger partial charge in [0.05, 0.1) is 5.56 Å². The second-order valence-corrected chi connectivity index (χ2v) is 7.68. The van der Waals surface area contributed by atoms with Gasteiger partial charge in [-0.1, -0.05) is 44.7 Å². The second kappa shape index (κ2) is 8.50. The van der Waals surface area contributed by atoms with Crippen LogP contribution in [0.15, 0.2) is 36.4 Å². The topological polar surface area (TPSA) is 9.23 Å². The number of rotatable bonds is 6. The van der Waals surface area contributed by atoms with Gasteiger partial charge in [-0.05, 0) is 42.4 Å². The van der Waals surface area contributed by atoms with Crippen LogP contribution in [0.5, 0.6) is 5.75 Å². The second-order valence-electron chi connectivity index (χ2n) is 7.68. The number of aryl methyl sites for hydroxylation is 1. The highest BCUT2D eigenvalue weighted by Gasteiger charge is 2.35. The minimum absolute atomic E-state index is 0.395. The van der Waals surface area contributed by atoms with Crippen molar-refractivity contribution in [3.05, 3.63) is 65.0 Å². The maximum atomic E-state index is 14.3. The molecule has 3 rings (SSSR count). The molecular formula is C22H23F5O. The van der Waals surface area contributed by atoms with E-state index < -0.39 is 34.9 Å². The van der Waals surface area contributed by atoms with Crippen LogP contribution < -0.4 is 4.74 Å².